The van der Waals surface area contributed by atoms with Crippen LogP contribution in [0, 0.1) is 11.8 Å². The van der Waals surface area contributed by atoms with Crippen molar-refractivity contribution in [3.63, 3.8) is 0 Å². The lowest BCUT2D eigenvalue weighted by atomic mass is 9.87. The molecule has 1 aliphatic rings. The highest BCUT2D eigenvalue weighted by molar-refractivity contribution is 5.53. The molecule has 0 amide bonds. The van der Waals surface area contributed by atoms with Crippen LogP contribution in [0.1, 0.15) is 52.4 Å². The molecule has 1 nitrogen and oxygen atoms in total. The molecule has 80 valence electrons. The van der Waals surface area contributed by atoms with E-state index in [0.717, 1.165) is 18.6 Å². The Labute approximate surface area is 87.6 Å². The fourth-order valence-corrected chi connectivity index (χ4v) is 2.33. The minimum Gasteiger partial charge on any atom is -0.303 e. The first kappa shape index (κ1) is 11.5. The lowest BCUT2D eigenvalue weighted by Gasteiger charge is -2.19. The average Bonchev–Trinajstić information content (AvgIpc) is 2.19. The van der Waals surface area contributed by atoms with E-state index in [1.807, 2.05) is 6.92 Å². The predicted octanol–water partition coefficient (Wildman–Crippen LogP) is 3.74. The summed E-state index contributed by atoms with van der Waals surface area (Å²) < 4.78 is 0. The van der Waals surface area contributed by atoms with Crippen LogP contribution in [0.15, 0.2) is 11.6 Å². The molecule has 1 heteroatoms. The van der Waals surface area contributed by atoms with Gasteiger partial charge in [-0.05, 0) is 32.1 Å². The summed E-state index contributed by atoms with van der Waals surface area (Å²) in [5, 5.41) is 0. The Morgan fingerprint density at radius 1 is 1.36 bits per heavy atom. The molecule has 0 radical (unpaired) electrons. The molecule has 0 heterocycles. The van der Waals surface area contributed by atoms with E-state index in [0.29, 0.717) is 0 Å². The molecular formula is C13H22O. The summed E-state index contributed by atoms with van der Waals surface area (Å²) in [4.78, 5) is 10.5. The monoisotopic (exact) mass is 194 g/mol. The fourth-order valence-electron chi connectivity index (χ4n) is 2.33. The van der Waals surface area contributed by atoms with E-state index in [1.54, 1.807) is 0 Å². The van der Waals surface area contributed by atoms with Crippen molar-refractivity contribution in [3.8, 4) is 0 Å². The molecule has 0 aromatic rings. The summed E-state index contributed by atoms with van der Waals surface area (Å²) >= 11 is 0. The third-order valence-electron chi connectivity index (χ3n) is 3.05. The van der Waals surface area contributed by atoms with Crippen molar-refractivity contribution in [2.75, 3.05) is 0 Å². The Hall–Kier alpha value is -0.590. The molecule has 1 atom stereocenters. The van der Waals surface area contributed by atoms with Crippen molar-refractivity contribution in [2.45, 2.75) is 52.4 Å². The van der Waals surface area contributed by atoms with Crippen molar-refractivity contribution in [2.24, 2.45) is 11.8 Å². The smallest absolute Gasteiger partial charge is 0.123 e. The molecule has 0 bridgehead atoms. The molecule has 14 heavy (non-hydrogen) atoms. The first-order chi connectivity index (χ1) is 6.72. The Morgan fingerprint density at radius 2 is 2.00 bits per heavy atom. The van der Waals surface area contributed by atoms with Gasteiger partial charge in [0.05, 0.1) is 0 Å². The summed E-state index contributed by atoms with van der Waals surface area (Å²) in [6, 6.07) is 0. The molecule has 0 aliphatic heterocycles. The lowest BCUT2D eigenvalue weighted by molar-refractivity contribution is -0.110. The van der Waals surface area contributed by atoms with Crippen LogP contribution in [-0.2, 0) is 4.79 Å². The second-order valence-corrected chi connectivity index (χ2v) is 4.73. The molecular weight excluding hydrogens is 172 g/mol. The Bertz CT molecular complexity index is 199. The highest BCUT2D eigenvalue weighted by Crippen LogP contribution is 2.26. The van der Waals surface area contributed by atoms with Crippen LogP contribution in [0.25, 0.3) is 0 Å². The highest BCUT2D eigenvalue weighted by atomic mass is 16.1. The van der Waals surface area contributed by atoms with Crippen LogP contribution in [0.4, 0.5) is 0 Å². The third kappa shape index (κ3) is 4.08. The van der Waals surface area contributed by atoms with Crippen LogP contribution < -0.4 is 0 Å². The standard InChI is InChI=1S/C13H22O/c1-11(8-12(2)10-14)9-13-6-4-3-5-7-13/h9-10,12-13H,3-8H2,1-2H3/b11-9+/t12-/m1/s1. The van der Waals surface area contributed by atoms with E-state index in [4.69, 9.17) is 0 Å². The summed E-state index contributed by atoms with van der Waals surface area (Å²) in [6.45, 7) is 4.15. The van der Waals surface area contributed by atoms with Gasteiger partial charge in [-0.25, -0.2) is 0 Å². The van der Waals surface area contributed by atoms with Crippen molar-refractivity contribution >= 4 is 6.29 Å². The van der Waals surface area contributed by atoms with Gasteiger partial charge in [-0.3, -0.25) is 0 Å². The van der Waals surface area contributed by atoms with Crippen molar-refractivity contribution < 1.29 is 4.79 Å². The molecule has 0 saturated heterocycles. The number of carbonyl (C=O) groups is 1. The quantitative estimate of drug-likeness (QED) is 0.492. The van der Waals surface area contributed by atoms with E-state index < -0.39 is 0 Å². The first-order valence-corrected chi connectivity index (χ1v) is 5.85. The topological polar surface area (TPSA) is 17.1 Å². The van der Waals surface area contributed by atoms with Gasteiger partial charge in [-0.15, -0.1) is 0 Å². The molecule has 1 saturated carbocycles. The van der Waals surface area contributed by atoms with Crippen LogP contribution in [0.5, 0.6) is 0 Å². The minimum atomic E-state index is 0.190. The highest BCUT2D eigenvalue weighted by Gasteiger charge is 2.11. The van der Waals surface area contributed by atoms with Crippen LogP contribution in [-0.4, -0.2) is 6.29 Å². The zero-order valence-corrected chi connectivity index (χ0v) is 9.46. The Balaban J connectivity index is 2.36. The average molecular weight is 194 g/mol. The summed E-state index contributed by atoms with van der Waals surface area (Å²) in [5.74, 6) is 0.984. The summed E-state index contributed by atoms with van der Waals surface area (Å²) in [7, 11) is 0. The maximum Gasteiger partial charge on any atom is 0.123 e. The number of hydrogen-bond acceptors (Lipinski definition) is 1. The van der Waals surface area contributed by atoms with Gasteiger partial charge in [0, 0.05) is 5.92 Å². The van der Waals surface area contributed by atoms with Gasteiger partial charge in [-0.1, -0.05) is 37.8 Å². The Kier molecular flexibility index (Phi) is 4.92. The summed E-state index contributed by atoms with van der Waals surface area (Å²) in [6.07, 6.45) is 11.3. The zero-order valence-electron chi connectivity index (χ0n) is 9.46. The van der Waals surface area contributed by atoms with E-state index in [9.17, 15) is 4.79 Å². The van der Waals surface area contributed by atoms with Gasteiger partial charge >= 0.3 is 0 Å². The normalized spacial score (nSPS) is 22.0. The van der Waals surface area contributed by atoms with Gasteiger partial charge in [0.1, 0.15) is 6.29 Å². The van der Waals surface area contributed by atoms with Crippen LogP contribution in [0.3, 0.4) is 0 Å². The third-order valence-corrected chi connectivity index (χ3v) is 3.05. The van der Waals surface area contributed by atoms with Gasteiger partial charge in [-0.2, -0.15) is 0 Å². The molecule has 1 rings (SSSR count). The maximum atomic E-state index is 10.5. The number of hydrogen-bond donors (Lipinski definition) is 0. The predicted molar refractivity (Wildman–Crippen MR) is 60.2 cm³/mol. The Morgan fingerprint density at radius 3 is 2.57 bits per heavy atom. The van der Waals surface area contributed by atoms with E-state index in [-0.39, 0.29) is 5.92 Å². The minimum absolute atomic E-state index is 0.190. The number of aldehydes is 1. The van der Waals surface area contributed by atoms with Gasteiger partial charge in [0.25, 0.3) is 0 Å². The van der Waals surface area contributed by atoms with Crippen molar-refractivity contribution in [1.82, 2.24) is 0 Å². The fraction of sp³-hybridized carbons (Fsp3) is 0.769. The van der Waals surface area contributed by atoms with Gasteiger partial charge in [0.2, 0.25) is 0 Å². The lowest BCUT2D eigenvalue weighted by Crippen LogP contribution is -2.04. The SMILES string of the molecule is C/C(=C\C1CCCCC1)C[C@@H](C)C=O. The molecule has 0 unspecified atom stereocenters. The molecule has 0 aromatic carbocycles. The zero-order chi connectivity index (χ0) is 10.4. The second-order valence-electron chi connectivity index (χ2n) is 4.73. The first-order valence-electron chi connectivity index (χ1n) is 5.85. The molecule has 0 aromatic heterocycles. The maximum absolute atomic E-state index is 10.5. The van der Waals surface area contributed by atoms with Crippen molar-refractivity contribution in [3.05, 3.63) is 11.6 Å². The van der Waals surface area contributed by atoms with Gasteiger partial charge < -0.3 is 4.79 Å². The molecule has 0 spiro atoms. The largest absolute Gasteiger partial charge is 0.303 e. The molecule has 0 N–H and O–H groups in total. The second kappa shape index (κ2) is 6.00. The van der Waals surface area contributed by atoms with E-state index in [1.165, 1.54) is 37.7 Å². The molecule has 1 aliphatic carbocycles. The van der Waals surface area contributed by atoms with Crippen LogP contribution >= 0.6 is 0 Å². The number of allylic oxidation sites excluding steroid dienone is 2. The number of rotatable bonds is 4. The molecule has 1 fully saturated rings. The van der Waals surface area contributed by atoms with Crippen molar-refractivity contribution in [1.29, 1.82) is 0 Å². The van der Waals surface area contributed by atoms with Crippen LogP contribution in [0.2, 0.25) is 0 Å². The van der Waals surface area contributed by atoms with Gasteiger partial charge in [0.15, 0.2) is 0 Å². The van der Waals surface area contributed by atoms with E-state index >= 15 is 0 Å². The van der Waals surface area contributed by atoms with E-state index in [2.05, 4.69) is 13.0 Å². The number of carbonyl (C=O) groups excluding carboxylic acids is 1. The summed E-state index contributed by atoms with van der Waals surface area (Å²) in [5.41, 5.74) is 1.40.